The Morgan fingerprint density at radius 2 is 1.97 bits per heavy atom. The lowest BCUT2D eigenvalue weighted by Gasteiger charge is -2.06. The lowest BCUT2D eigenvalue weighted by atomic mass is 9.98. The number of carbonyl (C=O) groups is 1. The number of nitrogens with zero attached hydrogens (tertiary/aromatic N) is 2. The van der Waals surface area contributed by atoms with E-state index in [1.54, 1.807) is 18.2 Å². The smallest absolute Gasteiger partial charge is 0.272 e. The third-order valence-corrected chi connectivity index (χ3v) is 5.80. The van der Waals surface area contributed by atoms with E-state index in [9.17, 15) is 9.18 Å². The lowest BCUT2D eigenvalue weighted by molar-refractivity contribution is 0.0950. The van der Waals surface area contributed by atoms with Gasteiger partial charge in [-0.05, 0) is 59.0 Å². The first-order valence-corrected chi connectivity index (χ1v) is 10.3. The molecule has 1 aliphatic rings. The average molecular weight is 463 g/mol. The quantitative estimate of drug-likeness (QED) is 0.331. The number of benzene rings is 3. The minimum Gasteiger partial charge on any atom is -0.272 e. The van der Waals surface area contributed by atoms with Crippen molar-refractivity contribution in [3.05, 3.63) is 87.3 Å². The van der Waals surface area contributed by atoms with Crippen LogP contribution in [0.2, 0.25) is 0 Å². The van der Waals surface area contributed by atoms with E-state index in [1.807, 2.05) is 0 Å². The maximum absolute atomic E-state index is 13.8. The molecule has 0 fully saturated rings. The van der Waals surface area contributed by atoms with Crippen LogP contribution in [0.3, 0.4) is 0 Å². The van der Waals surface area contributed by atoms with Crippen LogP contribution in [0.25, 0.3) is 22.0 Å². The number of carbonyl (C=O) groups excluding carboxylic acids is 1. The van der Waals surface area contributed by atoms with Crippen LogP contribution in [0.1, 0.15) is 27.2 Å². The SMILES string of the molecule is O=C(N/N=C\c1cc(Br)ccc1F)c1cc(-c2ccc3c4c(cccc24)CC3)n[nH]1. The van der Waals surface area contributed by atoms with E-state index in [0.29, 0.717) is 5.69 Å². The first kappa shape index (κ1) is 18.7. The summed E-state index contributed by atoms with van der Waals surface area (Å²) in [5, 5.41) is 13.4. The molecule has 2 N–H and O–H groups in total. The molecule has 148 valence electrons. The standard InChI is InChI=1S/C23H16BrFN4O/c24-16-7-9-19(25)15(10-16)12-26-29-23(30)21-11-20(27-28-21)17-8-6-14-5-4-13-2-1-3-18(17)22(13)14/h1-3,6-12H,4-5H2,(H,27,28)(H,29,30)/b26-12-. The van der Waals surface area contributed by atoms with Crippen LogP contribution in [0.15, 0.2) is 64.2 Å². The maximum Gasteiger partial charge on any atom is 0.289 e. The molecule has 1 aliphatic carbocycles. The van der Waals surface area contributed by atoms with Gasteiger partial charge in [0, 0.05) is 15.6 Å². The van der Waals surface area contributed by atoms with Gasteiger partial charge in [0.15, 0.2) is 0 Å². The summed E-state index contributed by atoms with van der Waals surface area (Å²) in [5.41, 5.74) is 7.32. The molecule has 0 atom stereocenters. The van der Waals surface area contributed by atoms with E-state index >= 15 is 0 Å². The second kappa shape index (κ2) is 7.50. The summed E-state index contributed by atoms with van der Waals surface area (Å²) in [6.07, 6.45) is 3.38. The number of rotatable bonds is 4. The van der Waals surface area contributed by atoms with E-state index in [-0.39, 0.29) is 11.3 Å². The molecule has 0 bridgehead atoms. The second-order valence-corrected chi connectivity index (χ2v) is 8.06. The van der Waals surface area contributed by atoms with Crippen molar-refractivity contribution in [2.24, 2.45) is 5.10 Å². The molecule has 7 heteroatoms. The summed E-state index contributed by atoms with van der Waals surface area (Å²) in [7, 11) is 0. The van der Waals surface area contributed by atoms with Crippen LogP contribution in [0, 0.1) is 5.82 Å². The number of aromatic amines is 1. The van der Waals surface area contributed by atoms with E-state index in [1.165, 1.54) is 28.8 Å². The first-order chi connectivity index (χ1) is 14.6. The zero-order valence-electron chi connectivity index (χ0n) is 15.7. The fourth-order valence-electron chi connectivity index (χ4n) is 3.88. The van der Waals surface area contributed by atoms with Crippen molar-refractivity contribution in [1.29, 1.82) is 0 Å². The lowest BCUT2D eigenvalue weighted by Crippen LogP contribution is -2.18. The number of amides is 1. The van der Waals surface area contributed by atoms with Crippen molar-refractivity contribution >= 4 is 38.8 Å². The highest BCUT2D eigenvalue weighted by Crippen LogP contribution is 2.36. The Kier molecular flexibility index (Phi) is 4.67. The average Bonchev–Trinajstić information content (AvgIpc) is 3.40. The predicted molar refractivity (Wildman–Crippen MR) is 118 cm³/mol. The Morgan fingerprint density at radius 1 is 1.13 bits per heavy atom. The van der Waals surface area contributed by atoms with Crippen molar-refractivity contribution in [3.63, 3.8) is 0 Å². The van der Waals surface area contributed by atoms with Crippen molar-refractivity contribution < 1.29 is 9.18 Å². The van der Waals surface area contributed by atoms with Gasteiger partial charge in [0.05, 0.1) is 11.9 Å². The fraction of sp³-hybridized carbons (Fsp3) is 0.0870. The Hall–Kier alpha value is -3.32. The number of aryl methyl sites for hydroxylation is 2. The molecule has 0 saturated heterocycles. The Bertz CT molecular complexity index is 1320. The number of nitrogens with one attached hydrogen (secondary N) is 2. The van der Waals surface area contributed by atoms with E-state index in [4.69, 9.17) is 0 Å². The zero-order chi connectivity index (χ0) is 20.7. The van der Waals surface area contributed by atoms with Gasteiger partial charge in [0.25, 0.3) is 5.91 Å². The summed E-state index contributed by atoms with van der Waals surface area (Å²) in [5.74, 6) is -0.876. The molecule has 0 unspecified atom stereocenters. The molecule has 0 radical (unpaired) electrons. The topological polar surface area (TPSA) is 70.1 Å². The Morgan fingerprint density at radius 3 is 2.83 bits per heavy atom. The van der Waals surface area contributed by atoms with E-state index in [2.05, 4.69) is 67.0 Å². The molecular formula is C23H16BrFN4O. The van der Waals surface area contributed by atoms with Crippen LogP contribution in [-0.4, -0.2) is 22.3 Å². The maximum atomic E-state index is 13.8. The number of aromatic nitrogens is 2. The normalized spacial score (nSPS) is 12.7. The molecule has 1 aromatic heterocycles. The van der Waals surface area contributed by atoms with E-state index in [0.717, 1.165) is 28.3 Å². The number of halogens is 2. The molecule has 0 aliphatic heterocycles. The first-order valence-electron chi connectivity index (χ1n) is 9.48. The van der Waals surface area contributed by atoms with E-state index < -0.39 is 11.7 Å². The number of hydrazone groups is 1. The van der Waals surface area contributed by atoms with Crippen molar-refractivity contribution in [3.8, 4) is 11.3 Å². The largest absolute Gasteiger partial charge is 0.289 e. The molecule has 5 rings (SSSR count). The molecule has 1 amide bonds. The van der Waals surface area contributed by atoms with Crippen LogP contribution >= 0.6 is 15.9 Å². The second-order valence-electron chi connectivity index (χ2n) is 7.14. The predicted octanol–water partition coefficient (Wildman–Crippen LogP) is 4.99. The van der Waals surface area contributed by atoms with Crippen LogP contribution in [-0.2, 0) is 12.8 Å². The Balaban J connectivity index is 1.39. The van der Waals surface area contributed by atoms with Crippen molar-refractivity contribution in [2.75, 3.05) is 0 Å². The highest BCUT2D eigenvalue weighted by molar-refractivity contribution is 9.10. The molecule has 30 heavy (non-hydrogen) atoms. The van der Waals surface area contributed by atoms with Gasteiger partial charge in [-0.2, -0.15) is 10.2 Å². The van der Waals surface area contributed by atoms with Crippen molar-refractivity contribution in [2.45, 2.75) is 12.8 Å². The monoisotopic (exact) mass is 462 g/mol. The molecule has 3 aromatic carbocycles. The van der Waals surface area contributed by atoms with Crippen molar-refractivity contribution in [1.82, 2.24) is 15.6 Å². The van der Waals surface area contributed by atoms with Gasteiger partial charge in [0.2, 0.25) is 0 Å². The zero-order valence-corrected chi connectivity index (χ0v) is 17.3. The van der Waals surface area contributed by atoms with Gasteiger partial charge >= 0.3 is 0 Å². The summed E-state index contributed by atoms with van der Waals surface area (Å²) < 4.78 is 14.5. The summed E-state index contributed by atoms with van der Waals surface area (Å²) >= 11 is 3.28. The molecule has 0 saturated carbocycles. The summed E-state index contributed by atoms with van der Waals surface area (Å²) in [6.45, 7) is 0. The van der Waals surface area contributed by atoms with Gasteiger partial charge < -0.3 is 0 Å². The van der Waals surface area contributed by atoms with Gasteiger partial charge in [-0.1, -0.05) is 46.3 Å². The van der Waals surface area contributed by atoms with Crippen LogP contribution < -0.4 is 5.43 Å². The third kappa shape index (κ3) is 3.31. The third-order valence-electron chi connectivity index (χ3n) is 5.30. The van der Waals surface area contributed by atoms with Gasteiger partial charge in [-0.15, -0.1) is 0 Å². The van der Waals surface area contributed by atoms with Crippen LogP contribution in [0.4, 0.5) is 4.39 Å². The van der Waals surface area contributed by atoms with Crippen LogP contribution in [0.5, 0.6) is 0 Å². The summed E-state index contributed by atoms with van der Waals surface area (Å²) in [4.78, 5) is 12.4. The van der Waals surface area contributed by atoms with Gasteiger partial charge in [-0.25, -0.2) is 9.82 Å². The fourth-order valence-corrected chi connectivity index (χ4v) is 4.26. The molecule has 4 aromatic rings. The van der Waals surface area contributed by atoms with Gasteiger partial charge in [-0.3, -0.25) is 9.89 Å². The number of hydrogen-bond acceptors (Lipinski definition) is 3. The molecule has 5 nitrogen and oxygen atoms in total. The molecular weight excluding hydrogens is 447 g/mol. The summed E-state index contributed by atoms with van der Waals surface area (Å²) in [6, 6.07) is 16.7. The Labute approximate surface area is 180 Å². The highest BCUT2D eigenvalue weighted by Gasteiger charge is 2.18. The molecule has 1 heterocycles. The van der Waals surface area contributed by atoms with Gasteiger partial charge in [0.1, 0.15) is 11.5 Å². The minimum absolute atomic E-state index is 0.267. The number of hydrogen-bond donors (Lipinski definition) is 2. The highest BCUT2D eigenvalue weighted by atomic mass is 79.9. The molecule has 0 spiro atoms. The minimum atomic E-state index is -0.452. The number of H-pyrrole nitrogens is 1.